The van der Waals surface area contributed by atoms with Crippen molar-refractivity contribution in [2.24, 2.45) is 0 Å². The van der Waals surface area contributed by atoms with Crippen molar-refractivity contribution in [3.63, 3.8) is 0 Å². The quantitative estimate of drug-likeness (QED) is 0.387. The van der Waals surface area contributed by atoms with Gasteiger partial charge in [-0.05, 0) is 0 Å². The predicted molar refractivity (Wildman–Crippen MR) is 26.6 cm³/mol. The second-order valence-corrected chi connectivity index (χ2v) is 2.51. The molecule has 0 saturated heterocycles. The molecule has 0 rings (SSSR count). The topological polar surface area (TPSA) is 82.1 Å². The normalized spacial score (nSPS) is 13.1. The van der Waals surface area contributed by atoms with Gasteiger partial charge in [-0.2, -0.15) is 4.89 Å². The monoisotopic (exact) mass is 174 g/mol. The van der Waals surface area contributed by atoms with Crippen molar-refractivity contribution in [2.75, 3.05) is 7.11 Å². The van der Waals surface area contributed by atoms with Gasteiger partial charge in [0.1, 0.15) is 0 Å². The molecule has 0 aliphatic heterocycles. The third-order valence-corrected chi connectivity index (χ3v) is 1.63. The highest BCUT2D eigenvalue weighted by molar-refractivity contribution is 7.46. The van der Waals surface area contributed by atoms with E-state index in [0.717, 1.165) is 7.11 Å². The zero-order chi connectivity index (χ0) is 7.28. The standard InChI is InChI=1S/CH3O6P2/c1-5-6-9(4)7-8(2)3/h1H3/q+1/p+1. The molecule has 2 unspecified atom stereocenters. The molecule has 0 fully saturated rings. The Morgan fingerprint density at radius 3 is 2.33 bits per heavy atom. The van der Waals surface area contributed by atoms with Gasteiger partial charge >= 0.3 is 16.5 Å². The van der Waals surface area contributed by atoms with E-state index in [1.165, 1.54) is 0 Å². The van der Waals surface area contributed by atoms with Gasteiger partial charge in [-0.3, -0.25) is 0 Å². The van der Waals surface area contributed by atoms with Crippen LogP contribution in [0.2, 0.25) is 0 Å². The largest absolute Gasteiger partial charge is 0.778 e. The fourth-order valence-corrected chi connectivity index (χ4v) is 0.818. The molecular weight excluding hydrogens is 170 g/mol. The van der Waals surface area contributed by atoms with E-state index in [1.54, 1.807) is 0 Å². The van der Waals surface area contributed by atoms with E-state index in [9.17, 15) is 9.13 Å². The van der Waals surface area contributed by atoms with Crippen LogP contribution in [0.1, 0.15) is 0 Å². The lowest BCUT2D eigenvalue weighted by molar-refractivity contribution is -0.178. The first-order chi connectivity index (χ1) is 4.16. The van der Waals surface area contributed by atoms with Crippen molar-refractivity contribution < 1.29 is 27.9 Å². The lowest BCUT2D eigenvalue weighted by Crippen LogP contribution is -1.75. The Bertz CT molecular complexity index is 120. The van der Waals surface area contributed by atoms with Gasteiger partial charge in [0.15, 0.2) is 4.31 Å². The first kappa shape index (κ1) is 9.04. The second-order valence-electron chi connectivity index (χ2n) is 0.784. The lowest BCUT2D eigenvalue weighted by atomic mass is 11.8. The summed E-state index contributed by atoms with van der Waals surface area (Å²) in [5.74, 6) is 0. The van der Waals surface area contributed by atoms with Gasteiger partial charge in [0.25, 0.3) is 0 Å². The molecule has 0 amide bonds. The molecule has 52 valence electrons. The molecule has 9 heavy (non-hydrogen) atoms. The van der Waals surface area contributed by atoms with Gasteiger partial charge in [0.05, 0.1) is 11.8 Å². The first-order valence-electron chi connectivity index (χ1n) is 1.69. The highest BCUT2D eigenvalue weighted by Gasteiger charge is 2.37. The predicted octanol–water partition coefficient (Wildman–Crippen LogP) is 0.888. The Labute approximate surface area is 52.6 Å². The maximum absolute atomic E-state index is 10.1. The van der Waals surface area contributed by atoms with Crippen LogP contribution in [-0.4, -0.2) is 12.0 Å². The van der Waals surface area contributed by atoms with Crippen LogP contribution in [0.4, 0.5) is 0 Å². The molecule has 8 heteroatoms. The third kappa shape index (κ3) is 5.92. The molecule has 6 nitrogen and oxygen atoms in total. The summed E-state index contributed by atoms with van der Waals surface area (Å²) in [5.41, 5.74) is 0. The van der Waals surface area contributed by atoms with Gasteiger partial charge in [-0.1, -0.05) is 0 Å². The fraction of sp³-hybridized carbons (Fsp3) is 1.00. The van der Waals surface area contributed by atoms with Gasteiger partial charge in [-0.15, -0.1) is 4.89 Å². The Kier molecular flexibility index (Phi) is 4.90. The zero-order valence-electron chi connectivity index (χ0n) is 4.38. The van der Waals surface area contributed by atoms with Gasteiger partial charge in [0, 0.05) is 9.13 Å². The molecule has 0 spiro atoms. The third-order valence-electron chi connectivity index (χ3n) is 0.272. The summed E-state index contributed by atoms with van der Waals surface area (Å²) in [6.07, 6.45) is 0. The van der Waals surface area contributed by atoms with E-state index in [0.29, 0.717) is 0 Å². The molecule has 0 radical (unpaired) electrons. The Hall–Kier alpha value is 0.0400. The van der Waals surface area contributed by atoms with Crippen LogP contribution in [0.25, 0.3) is 0 Å². The number of hydrogen-bond donors (Lipinski definition) is 1. The molecule has 1 N–H and O–H groups in total. The molecular formula is CH4O6P2+2. The minimum atomic E-state index is -2.89. The molecule has 0 saturated carbocycles. The molecule has 0 aliphatic carbocycles. The van der Waals surface area contributed by atoms with Crippen LogP contribution < -0.4 is 0 Å². The molecule has 0 aliphatic rings. The highest BCUT2D eigenvalue weighted by Crippen LogP contribution is 2.35. The van der Waals surface area contributed by atoms with Crippen LogP contribution in [-0.2, 0) is 23.0 Å². The maximum atomic E-state index is 10.1. The van der Waals surface area contributed by atoms with Crippen molar-refractivity contribution >= 4 is 16.5 Å². The highest BCUT2D eigenvalue weighted by atomic mass is 31.2. The second kappa shape index (κ2) is 4.88. The van der Waals surface area contributed by atoms with Crippen molar-refractivity contribution in [2.45, 2.75) is 0 Å². The average Bonchev–Trinajstić information content (AvgIpc) is 1.63. The van der Waals surface area contributed by atoms with Crippen LogP contribution >= 0.6 is 16.5 Å². The summed E-state index contributed by atoms with van der Waals surface area (Å²) in [5, 5.41) is 0. The van der Waals surface area contributed by atoms with E-state index in [1.807, 2.05) is 0 Å². The van der Waals surface area contributed by atoms with Crippen LogP contribution in [0.5, 0.6) is 0 Å². The molecule has 2 atom stereocenters. The minimum absolute atomic E-state index is 1.10. The van der Waals surface area contributed by atoms with Crippen molar-refractivity contribution in [1.29, 1.82) is 0 Å². The Balaban J connectivity index is 3.39. The minimum Gasteiger partial charge on any atom is -0.190 e. The van der Waals surface area contributed by atoms with Crippen LogP contribution in [0.3, 0.4) is 0 Å². The molecule has 0 aromatic carbocycles. The van der Waals surface area contributed by atoms with Crippen molar-refractivity contribution in [3.05, 3.63) is 0 Å². The summed E-state index contributed by atoms with van der Waals surface area (Å²) in [4.78, 5) is 11.8. The Morgan fingerprint density at radius 2 is 2.00 bits per heavy atom. The first-order valence-corrected chi connectivity index (χ1v) is 3.91. The zero-order valence-corrected chi connectivity index (χ0v) is 6.17. The van der Waals surface area contributed by atoms with Gasteiger partial charge in [0.2, 0.25) is 0 Å². The van der Waals surface area contributed by atoms with Crippen molar-refractivity contribution in [3.8, 4) is 0 Å². The summed E-state index contributed by atoms with van der Waals surface area (Å²) in [7, 11) is -4.42. The number of hydrogen-bond acceptors (Lipinski definition) is 5. The average molecular weight is 174 g/mol. The summed E-state index contributed by atoms with van der Waals surface area (Å²) in [6, 6.07) is 0. The number of rotatable bonds is 4. The molecule has 0 aromatic rings. The molecule has 0 aromatic heterocycles. The summed E-state index contributed by atoms with van der Waals surface area (Å²) >= 11 is 0. The van der Waals surface area contributed by atoms with Crippen LogP contribution in [0, 0.1) is 0 Å². The summed E-state index contributed by atoms with van der Waals surface area (Å²) < 4.78 is 27.3. The molecule has 0 heterocycles. The summed E-state index contributed by atoms with van der Waals surface area (Å²) in [6.45, 7) is 0. The fourth-order valence-electron chi connectivity index (χ4n) is 0.131. The van der Waals surface area contributed by atoms with E-state index < -0.39 is 16.5 Å². The SMILES string of the molecule is COO[P+](=O)O[P+](=O)O. The molecule has 0 bridgehead atoms. The van der Waals surface area contributed by atoms with Crippen molar-refractivity contribution in [1.82, 2.24) is 0 Å². The maximum Gasteiger partial charge on any atom is 0.778 e. The lowest BCUT2D eigenvalue weighted by Gasteiger charge is -1.71. The van der Waals surface area contributed by atoms with E-state index in [4.69, 9.17) is 4.89 Å². The van der Waals surface area contributed by atoms with E-state index >= 15 is 0 Å². The van der Waals surface area contributed by atoms with Gasteiger partial charge in [-0.25, -0.2) is 0 Å². The van der Waals surface area contributed by atoms with E-state index in [2.05, 4.69) is 13.9 Å². The smallest absolute Gasteiger partial charge is 0.190 e. The van der Waals surface area contributed by atoms with Gasteiger partial charge < -0.3 is 0 Å². The Morgan fingerprint density at radius 1 is 1.44 bits per heavy atom. The van der Waals surface area contributed by atoms with E-state index in [-0.39, 0.29) is 0 Å². The van der Waals surface area contributed by atoms with Crippen LogP contribution in [0.15, 0.2) is 0 Å².